The van der Waals surface area contributed by atoms with Gasteiger partial charge in [0.15, 0.2) is 0 Å². The molecule has 2 aliphatic rings. The lowest BCUT2D eigenvalue weighted by atomic mass is 9.77. The number of piperidine rings is 1. The number of tetrazole rings is 1. The van der Waals surface area contributed by atoms with Crippen molar-refractivity contribution in [3.8, 4) is 11.5 Å². The Kier molecular flexibility index (Phi) is 5.56. The number of benzene rings is 1. The van der Waals surface area contributed by atoms with Crippen LogP contribution in [-0.4, -0.2) is 82.2 Å². The molecule has 2 aromatic rings. The van der Waals surface area contributed by atoms with Gasteiger partial charge in [0.2, 0.25) is 5.91 Å². The zero-order valence-electron chi connectivity index (χ0n) is 17.3. The van der Waals surface area contributed by atoms with E-state index >= 15 is 0 Å². The van der Waals surface area contributed by atoms with Crippen LogP contribution in [0.1, 0.15) is 29.6 Å². The van der Waals surface area contributed by atoms with Crippen molar-refractivity contribution in [3.63, 3.8) is 0 Å². The van der Waals surface area contributed by atoms with Crippen LogP contribution in [0.3, 0.4) is 0 Å². The summed E-state index contributed by atoms with van der Waals surface area (Å²) in [5.74, 6) is 1.14. The van der Waals surface area contributed by atoms with Gasteiger partial charge in [0.25, 0.3) is 5.91 Å². The first-order valence-electron chi connectivity index (χ1n) is 10.0. The van der Waals surface area contributed by atoms with Gasteiger partial charge in [0, 0.05) is 26.2 Å². The van der Waals surface area contributed by atoms with Crippen LogP contribution in [-0.2, 0) is 11.3 Å². The van der Waals surface area contributed by atoms with Crippen molar-refractivity contribution in [2.45, 2.75) is 25.8 Å². The Hall–Kier alpha value is -3.17. The Bertz CT molecular complexity index is 908. The molecular weight excluding hydrogens is 388 g/mol. The van der Waals surface area contributed by atoms with Crippen LogP contribution >= 0.6 is 0 Å². The summed E-state index contributed by atoms with van der Waals surface area (Å²) in [4.78, 5) is 29.4. The second-order valence-corrected chi connectivity index (χ2v) is 7.93. The quantitative estimate of drug-likeness (QED) is 0.714. The highest BCUT2D eigenvalue weighted by Crippen LogP contribution is 2.41. The molecule has 0 saturated carbocycles. The van der Waals surface area contributed by atoms with Crippen molar-refractivity contribution in [2.75, 3.05) is 40.4 Å². The summed E-state index contributed by atoms with van der Waals surface area (Å²) in [5.41, 5.74) is 0.586. The number of amides is 2. The van der Waals surface area contributed by atoms with E-state index in [1.165, 1.54) is 11.0 Å². The monoisotopic (exact) mass is 414 g/mol. The first-order chi connectivity index (χ1) is 14.5. The Balaban J connectivity index is 1.37. The minimum absolute atomic E-state index is 0.0267. The third-order valence-electron chi connectivity index (χ3n) is 6.23. The number of carbonyl (C=O) groups is 2. The third kappa shape index (κ3) is 3.94. The smallest absolute Gasteiger partial charge is 0.257 e. The first-order valence-corrected chi connectivity index (χ1v) is 10.0. The maximum absolute atomic E-state index is 13.1. The molecule has 2 aliphatic heterocycles. The average Bonchev–Trinajstić information content (AvgIpc) is 3.44. The van der Waals surface area contributed by atoms with Crippen LogP contribution in [0, 0.1) is 5.41 Å². The molecule has 160 valence electrons. The molecule has 0 radical (unpaired) electrons. The van der Waals surface area contributed by atoms with Crippen LogP contribution in [0.2, 0.25) is 0 Å². The number of likely N-dealkylation sites (tertiary alicyclic amines) is 2. The molecule has 3 heterocycles. The van der Waals surface area contributed by atoms with Gasteiger partial charge >= 0.3 is 0 Å². The summed E-state index contributed by atoms with van der Waals surface area (Å²) in [6, 6.07) is 5.25. The lowest BCUT2D eigenvalue weighted by Gasteiger charge is -2.39. The van der Waals surface area contributed by atoms with Crippen molar-refractivity contribution in [1.82, 2.24) is 30.0 Å². The predicted octanol–water partition coefficient (Wildman–Crippen LogP) is 0.845. The molecule has 1 aromatic heterocycles. The molecule has 0 bridgehead atoms. The summed E-state index contributed by atoms with van der Waals surface area (Å²) >= 11 is 0. The fourth-order valence-electron chi connectivity index (χ4n) is 4.38. The minimum atomic E-state index is -0.0507. The van der Waals surface area contributed by atoms with Gasteiger partial charge < -0.3 is 19.3 Å². The van der Waals surface area contributed by atoms with Crippen molar-refractivity contribution < 1.29 is 19.1 Å². The molecule has 0 N–H and O–H groups in total. The predicted molar refractivity (Wildman–Crippen MR) is 106 cm³/mol. The van der Waals surface area contributed by atoms with Gasteiger partial charge in [-0.05, 0) is 53.3 Å². The van der Waals surface area contributed by atoms with Gasteiger partial charge in [-0.3, -0.25) is 9.59 Å². The van der Waals surface area contributed by atoms with Crippen LogP contribution in [0.25, 0.3) is 0 Å². The van der Waals surface area contributed by atoms with Crippen molar-refractivity contribution in [2.24, 2.45) is 5.41 Å². The van der Waals surface area contributed by atoms with E-state index in [-0.39, 0.29) is 23.8 Å². The van der Waals surface area contributed by atoms with E-state index in [9.17, 15) is 9.59 Å². The van der Waals surface area contributed by atoms with Gasteiger partial charge in [-0.15, -0.1) is 5.10 Å². The molecule has 10 nitrogen and oxygen atoms in total. The minimum Gasteiger partial charge on any atom is -0.497 e. The number of rotatable bonds is 5. The van der Waals surface area contributed by atoms with Gasteiger partial charge in [-0.1, -0.05) is 0 Å². The molecule has 1 aromatic carbocycles. The fourth-order valence-corrected chi connectivity index (χ4v) is 4.38. The lowest BCUT2D eigenvalue weighted by Crippen LogP contribution is -2.45. The second-order valence-electron chi connectivity index (χ2n) is 7.93. The summed E-state index contributed by atoms with van der Waals surface area (Å²) in [6.07, 6.45) is 4.15. The molecule has 4 rings (SSSR count). The number of carbonyl (C=O) groups excluding carboxylic acids is 2. The lowest BCUT2D eigenvalue weighted by molar-refractivity contribution is -0.131. The first kappa shape index (κ1) is 20.1. The molecule has 2 amide bonds. The zero-order chi connectivity index (χ0) is 21.1. The second kappa shape index (κ2) is 8.29. The molecule has 1 spiro atoms. The number of methoxy groups -OCH3 is 2. The Morgan fingerprint density at radius 2 is 1.80 bits per heavy atom. The fraction of sp³-hybridized carbons (Fsp3) is 0.550. The van der Waals surface area contributed by atoms with E-state index in [1.54, 1.807) is 32.4 Å². The maximum atomic E-state index is 13.1. The molecule has 0 unspecified atom stereocenters. The summed E-state index contributed by atoms with van der Waals surface area (Å²) in [7, 11) is 3.14. The van der Waals surface area contributed by atoms with E-state index in [1.807, 2.05) is 9.80 Å². The number of hydrogen-bond acceptors (Lipinski definition) is 7. The van der Waals surface area contributed by atoms with E-state index in [2.05, 4.69) is 15.5 Å². The standard InChI is InChI=1S/C20H26N6O4/c1-29-15-3-4-17(30-2)16(11-15)19(28)24-8-5-20(6-9-24)7-10-25(13-20)18(27)12-26-14-21-22-23-26/h3-4,11,14H,5-10,12-13H2,1-2H3. The number of nitrogens with zero attached hydrogens (tertiary/aromatic N) is 6. The van der Waals surface area contributed by atoms with Crippen LogP contribution in [0.5, 0.6) is 11.5 Å². The number of aromatic nitrogens is 4. The highest BCUT2D eigenvalue weighted by molar-refractivity contribution is 5.97. The van der Waals surface area contributed by atoms with Gasteiger partial charge in [-0.2, -0.15) is 0 Å². The van der Waals surface area contributed by atoms with E-state index in [0.29, 0.717) is 30.2 Å². The number of ether oxygens (including phenoxy) is 2. The summed E-state index contributed by atoms with van der Waals surface area (Å²) in [6.45, 7) is 2.93. The van der Waals surface area contributed by atoms with Crippen LogP contribution in [0.15, 0.2) is 24.5 Å². The highest BCUT2D eigenvalue weighted by atomic mass is 16.5. The molecule has 30 heavy (non-hydrogen) atoms. The van der Waals surface area contributed by atoms with Crippen molar-refractivity contribution in [3.05, 3.63) is 30.1 Å². The normalized spacial score (nSPS) is 17.9. The van der Waals surface area contributed by atoms with Crippen LogP contribution < -0.4 is 9.47 Å². The maximum Gasteiger partial charge on any atom is 0.257 e. The zero-order valence-corrected chi connectivity index (χ0v) is 17.3. The van der Waals surface area contributed by atoms with Crippen molar-refractivity contribution in [1.29, 1.82) is 0 Å². The molecule has 10 heteroatoms. The van der Waals surface area contributed by atoms with Gasteiger partial charge in [0.05, 0.1) is 19.8 Å². The molecule has 2 fully saturated rings. The third-order valence-corrected chi connectivity index (χ3v) is 6.23. The molecule has 0 aliphatic carbocycles. The topological polar surface area (TPSA) is 103 Å². The number of hydrogen-bond donors (Lipinski definition) is 0. The van der Waals surface area contributed by atoms with E-state index in [4.69, 9.17) is 9.47 Å². The highest BCUT2D eigenvalue weighted by Gasteiger charge is 2.43. The Labute approximate surface area is 174 Å². The molecular formula is C20H26N6O4. The Morgan fingerprint density at radius 3 is 2.43 bits per heavy atom. The largest absolute Gasteiger partial charge is 0.497 e. The van der Waals surface area contributed by atoms with Gasteiger partial charge in [-0.25, -0.2) is 4.68 Å². The molecule has 0 atom stereocenters. The van der Waals surface area contributed by atoms with E-state index in [0.717, 1.165) is 32.4 Å². The van der Waals surface area contributed by atoms with Crippen LogP contribution in [0.4, 0.5) is 0 Å². The molecule has 2 saturated heterocycles. The average molecular weight is 414 g/mol. The van der Waals surface area contributed by atoms with Gasteiger partial charge in [0.1, 0.15) is 24.4 Å². The summed E-state index contributed by atoms with van der Waals surface area (Å²) < 4.78 is 12.1. The Morgan fingerprint density at radius 1 is 1.07 bits per heavy atom. The van der Waals surface area contributed by atoms with Crippen molar-refractivity contribution >= 4 is 11.8 Å². The summed E-state index contributed by atoms with van der Waals surface area (Å²) in [5, 5.41) is 10.9. The van der Waals surface area contributed by atoms with E-state index < -0.39 is 0 Å². The SMILES string of the molecule is COc1ccc(OC)c(C(=O)N2CCC3(CCN(C(=O)Cn4cnnn4)C3)CC2)c1.